The van der Waals surface area contributed by atoms with Crippen LogP contribution in [-0.4, -0.2) is 30.1 Å². The molecule has 0 spiro atoms. The van der Waals surface area contributed by atoms with Gasteiger partial charge >= 0.3 is 0 Å². The highest BCUT2D eigenvalue weighted by molar-refractivity contribution is 5.93. The van der Waals surface area contributed by atoms with Gasteiger partial charge in [0.15, 0.2) is 0 Å². The molecule has 0 saturated heterocycles. The first-order chi connectivity index (χ1) is 10.0. The summed E-state index contributed by atoms with van der Waals surface area (Å²) in [4.78, 5) is 11.9. The zero-order valence-electron chi connectivity index (χ0n) is 12.3. The van der Waals surface area contributed by atoms with Crippen LogP contribution in [0.1, 0.15) is 21.5 Å². The molecule has 2 N–H and O–H groups in total. The van der Waals surface area contributed by atoms with Crippen molar-refractivity contribution >= 4 is 5.91 Å². The van der Waals surface area contributed by atoms with Crippen LogP contribution in [0.5, 0.6) is 5.75 Å². The normalized spacial score (nSPS) is 10.6. The summed E-state index contributed by atoms with van der Waals surface area (Å²) < 4.78 is 0. The second-order valence-electron chi connectivity index (χ2n) is 5.20. The standard InChI is InChI=1S/C17H20N2O2/c1-19(2)18-17(21)15-5-3-4-14(12-15)7-6-13-8-10-16(20)11-9-13/h3-5,8-12,20H,6-7H2,1-2H3,(H,18,21). The van der Waals surface area contributed by atoms with Crippen LogP contribution in [0.3, 0.4) is 0 Å². The monoisotopic (exact) mass is 284 g/mol. The average molecular weight is 284 g/mol. The Bertz CT molecular complexity index is 606. The van der Waals surface area contributed by atoms with Crippen molar-refractivity contribution in [3.05, 3.63) is 65.2 Å². The fourth-order valence-corrected chi connectivity index (χ4v) is 2.09. The van der Waals surface area contributed by atoms with Gasteiger partial charge in [-0.1, -0.05) is 24.3 Å². The van der Waals surface area contributed by atoms with Gasteiger partial charge in [-0.05, 0) is 48.2 Å². The van der Waals surface area contributed by atoms with E-state index in [2.05, 4.69) is 5.43 Å². The summed E-state index contributed by atoms with van der Waals surface area (Å²) in [6.45, 7) is 0. The number of hydrogen-bond acceptors (Lipinski definition) is 3. The van der Waals surface area contributed by atoms with Gasteiger partial charge in [0.05, 0.1) is 0 Å². The molecule has 21 heavy (non-hydrogen) atoms. The van der Waals surface area contributed by atoms with Gasteiger partial charge in [-0.2, -0.15) is 0 Å². The number of aryl methyl sites for hydroxylation is 2. The van der Waals surface area contributed by atoms with Crippen LogP contribution in [0.2, 0.25) is 0 Å². The maximum absolute atomic E-state index is 11.9. The van der Waals surface area contributed by atoms with Gasteiger partial charge in [0.25, 0.3) is 5.91 Å². The Balaban J connectivity index is 2.00. The molecule has 0 bridgehead atoms. The molecular formula is C17H20N2O2. The molecular weight excluding hydrogens is 264 g/mol. The topological polar surface area (TPSA) is 52.6 Å². The summed E-state index contributed by atoms with van der Waals surface area (Å²) in [5.41, 5.74) is 5.67. The Morgan fingerprint density at radius 3 is 2.38 bits per heavy atom. The molecule has 0 saturated carbocycles. The summed E-state index contributed by atoms with van der Waals surface area (Å²) in [5.74, 6) is 0.174. The number of carbonyl (C=O) groups excluding carboxylic acids is 1. The average Bonchev–Trinajstić information content (AvgIpc) is 2.46. The van der Waals surface area contributed by atoms with Crippen LogP contribution in [0, 0.1) is 0 Å². The van der Waals surface area contributed by atoms with E-state index in [4.69, 9.17) is 0 Å². The van der Waals surface area contributed by atoms with E-state index in [1.807, 2.05) is 36.4 Å². The SMILES string of the molecule is CN(C)NC(=O)c1cccc(CCc2ccc(O)cc2)c1. The summed E-state index contributed by atoms with van der Waals surface area (Å²) in [6.07, 6.45) is 1.73. The van der Waals surface area contributed by atoms with Gasteiger partial charge in [0.2, 0.25) is 0 Å². The third kappa shape index (κ3) is 4.61. The fraction of sp³-hybridized carbons (Fsp3) is 0.235. The quantitative estimate of drug-likeness (QED) is 0.829. The van der Waals surface area contributed by atoms with E-state index in [-0.39, 0.29) is 11.7 Å². The van der Waals surface area contributed by atoms with E-state index in [1.54, 1.807) is 31.2 Å². The lowest BCUT2D eigenvalue weighted by Gasteiger charge is -2.12. The minimum atomic E-state index is -0.105. The molecule has 2 rings (SSSR count). The number of aromatic hydroxyl groups is 1. The van der Waals surface area contributed by atoms with Crippen LogP contribution in [-0.2, 0) is 12.8 Å². The minimum absolute atomic E-state index is 0.105. The number of carbonyl (C=O) groups is 1. The van der Waals surface area contributed by atoms with Crippen molar-refractivity contribution in [1.82, 2.24) is 10.4 Å². The minimum Gasteiger partial charge on any atom is -0.508 e. The van der Waals surface area contributed by atoms with Crippen LogP contribution in [0.15, 0.2) is 48.5 Å². The van der Waals surface area contributed by atoms with Crippen molar-refractivity contribution in [3.8, 4) is 5.75 Å². The number of benzene rings is 2. The molecule has 0 radical (unpaired) electrons. The number of rotatable bonds is 5. The van der Waals surface area contributed by atoms with E-state index < -0.39 is 0 Å². The van der Waals surface area contributed by atoms with Crippen molar-refractivity contribution in [2.75, 3.05) is 14.1 Å². The Morgan fingerprint density at radius 1 is 1.05 bits per heavy atom. The summed E-state index contributed by atoms with van der Waals surface area (Å²) in [5, 5.41) is 10.9. The number of hydrazine groups is 1. The third-order valence-corrected chi connectivity index (χ3v) is 3.15. The highest BCUT2D eigenvalue weighted by atomic mass is 16.3. The Hall–Kier alpha value is -2.33. The Labute approximate surface area is 125 Å². The van der Waals surface area contributed by atoms with E-state index in [9.17, 15) is 9.90 Å². The second-order valence-corrected chi connectivity index (χ2v) is 5.20. The fourth-order valence-electron chi connectivity index (χ4n) is 2.09. The van der Waals surface area contributed by atoms with Gasteiger partial charge in [-0.25, -0.2) is 5.01 Å². The number of phenolic OH excluding ortho intramolecular Hbond substituents is 1. The van der Waals surface area contributed by atoms with Gasteiger partial charge in [0, 0.05) is 19.7 Å². The van der Waals surface area contributed by atoms with Crippen molar-refractivity contribution in [1.29, 1.82) is 0 Å². The summed E-state index contributed by atoms with van der Waals surface area (Å²) in [7, 11) is 3.57. The first kappa shape index (κ1) is 15.1. The molecule has 0 aliphatic carbocycles. The molecule has 0 atom stereocenters. The Kier molecular flexibility index (Phi) is 4.95. The van der Waals surface area contributed by atoms with E-state index in [0.717, 1.165) is 24.0 Å². The van der Waals surface area contributed by atoms with Crippen molar-refractivity contribution < 1.29 is 9.90 Å². The highest BCUT2D eigenvalue weighted by Crippen LogP contribution is 2.13. The predicted molar refractivity (Wildman–Crippen MR) is 83.1 cm³/mol. The number of nitrogens with zero attached hydrogens (tertiary/aromatic N) is 1. The zero-order valence-corrected chi connectivity index (χ0v) is 12.3. The predicted octanol–water partition coefficient (Wildman–Crippen LogP) is 2.38. The summed E-state index contributed by atoms with van der Waals surface area (Å²) >= 11 is 0. The van der Waals surface area contributed by atoms with Crippen molar-refractivity contribution in [2.24, 2.45) is 0 Å². The lowest BCUT2D eigenvalue weighted by molar-refractivity contribution is 0.0857. The van der Waals surface area contributed by atoms with Crippen LogP contribution < -0.4 is 5.43 Å². The molecule has 0 aliphatic heterocycles. The molecule has 4 heteroatoms. The number of hydrogen-bond donors (Lipinski definition) is 2. The molecule has 1 amide bonds. The van der Waals surface area contributed by atoms with E-state index in [0.29, 0.717) is 5.56 Å². The van der Waals surface area contributed by atoms with Crippen molar-refractivity contribution in [3.63, 3.8) is 0 Å². The molecule has 2 aromatic carbocycles. The molecule has 0 aromatic heterocycles. The van der Waals surface area contributed by atoms with Gasteiger partial charge < -0.3 is 5.11 Å². The van der Waals surface area contributed by atoms with E-state index in [1.165, 1.54) is 0 Å². The molecule has 4 nitrogen and oxygen atoms in total. The molecule has 0 aliphatic rings. The van der Waals surface area contributed by atoms with Gasteiger partial charge in [-0.15, -0.1) is 0 Å². The number of nitrogens with one attached hydrogen (secondary N) is 1. The maximum atomic E-state index is 11.9. The lowest BCUT2D eigenvalue weighted by Crippen LogP contribution is -2.36. The smallest absolute Gasteiger partial charge is 0.265 e. The number of phenols is 1. The van der Waals surface area contributed by atoms with Crippen LogP contribution >= 0.6 is 0 Å². The van der Waals surface area contributed by atoms with Crippen LogP contribution in [0.25, 0.3) is 0 Å². The van der Waals surface area contributed by atoms with Gasteiger partial charge in [-0.3, -0.25) is 10.2 Å². The molecule has 2 aromatic rings. The zero-order chi connectivity index (χ0) is 15.2. The second kappa shape index (κ2) is 6.90. The lowest BCUT2D eigenvalue weighted by atomic mass is 10.0. The number of amides is 1. The molecule has 0 unspecified atom stereocenters. The first-order valence-electron chi connectivity index (χ1n) is 6.90. The van der Waals surface area contributed by atoms with Crippen LogP contribution in [0.4, 0.5) is 0 Å². The third-order valence-electron chi connectivity index (χ3n) is 3.15. The molecule has 110 valence electrons. The molecule has 0 heterocycles. The largest absolute Gasteiger partial charge is 0.508 e. The summed E-state index contributed by atoms with van der Waals surface area (Å²) in [6, 6.07) is 14.9. The van der Waals surface area contributed by atoms with Crippen molar-refractivity contribution in [2.45, 2.75) is 12.8 Å². The molecule has 0 fully saturated rings. The Morgan fingerprint density at radius 2 is 1.71 bits per heavy atom. The van der Waals surface area contributed by atoms with Gasteiger partial charge in [0.1, 0.15) is 5.75 Å². The van der Waals surface area contributed by atoms with E-state index >= 15 is 0 Å². The maximum Gasteiger partial charge on any atom is 0.265 e. The first-order valence-corrected chi connectivity index (χ1v) is 6.90. The highest BCUT2D eigenvalue weighted by Gasteiger charge is 2.06.